The molecule has 1 aromatic heterocycles. The molecule has 102 valence electrons. The summed E-state index contributed by atoms with van der Waals surface area (Å²) in [4.78, 5) is 26.3. The number of rotatable bonds is 4. The fraction of sp³-hybridized carbons (Fsp3) is 0.462. The van der Waals surface area contributed by atoms with Crippen molar-refractivity contribution in [3.63, 3.8) is 0 Å². The zero-order valence-electron chi connectivity index (χ0n) is 10.6. The molecule has 2 heterocycles. The van der Waals surface area contributed by atoms with Gasteiger partial charge in [0.1, 0.15) is 11.8 Å². The third-order valence-electron chi connectivity index (χ3n) is 3.16. The van der Waals surface area contributed by atoms with Crippen LogP contribution >= 0.6 is 0 Å². The molecule has 1 aliphatic rings. The number of carbonyl (C=O) groups excluding carboxylic acids is 1. The summed E-state index contributed by atoms with van der Waals surface area (Å²) in [6, 6.07) is 3.05. The second-order valence-electron chi connectivity index (χ2n) is 4.63. The van der Waals surface area contributed by atoms with Crippen molar-refractivity contribution in [2.75, 3.05) is 6.61 Å². The Morgan fingerprint density at radius 1 is 1.53 bits per heavy atom. The third-order valence-corrected chi connectivity index (χ3v) is 3.16. The monoisotopic (exact) mass is 264 g/mol. The van der Waals surface area contributed by atoms with Gasteiger partial charge >= 0.3 is 5.97 Å². The first-order valence-electron chi connectivity index (χ1n) is 6.15. The fourth-order valence-electron chi connectivity index (χ4n) is 1.98. The van der Waals surface area contributed by atoms with Crippen molar-refractivity contribution in [1.82, 2.24) is 10.3 Å². The topological polar surface area (TPSA) is 88.5 Å². The van der Waals surface area contributed by atoms with E-state index in [0.717, 1.165) is 12.0 Å². The minimum atomic E-state index is -1.07. The van der Waals surface area contributed by atoms with Crippen LogP contribution in [0.25, 0.3) is 0 Å². The minimum Gasteiger partial charge on any atom is -0.477 e. The number of carbonyl (C=O) groups is 2. The number of aromatic nitrogens is 1. The molecule has 6 heteroatoms. The van der Waals surface area contributed by atoms with Crippen LogP contribution in [0.3, 0.4) is 0 Å². The second-order valence-corrected chi connectivity index (χ2v) is 4.63. The van der Waals surface area contributed by atoms with E-state index in [0.29, 0.717) is 13.2 Å². The van der Waals surface area contributed by atoms with Gasteiger partial charge in [-0.3, -0.25) is 4.79 Å². The zero-order valence-corrected chi connectivity index (χ0v) is 10.6. The lowest BCUT2D eigenvalue weighted by Crippen LogP contribution is -2.36. The summed E-state index contributed by atoms with van der Waals surface area (Å²) in [5.74, 6) is -0.969. The highest BCUT2D eigenvalue weighted by Gasteiger charge is 2.30. The van der Waals surface area contributed by atoms with Gasteiger partial charge in [0.2, 0.25) is 5.91 Å². The molecule has 2 unspecified atom stereocenters. The first-order valence-corrected chi connectivity index (χ1v) is 6.15. The van der Waals surface area contributed by atoms with Crippen molar-refractivity contribution in [3.8, 4) is 0 Å². The highest BCUT2D eigenvalue weighted by Crippen LogP contribution is 2.20. The van der Waals surface area contributed by atoms with Crippen LogP contribution in [-0.4, -0.2) is 34.7 Å². The van der Waals surface area contributed by atoms with Crippen molar-refractivity contribution in [1.29, 1.82) is 0 Å². The summed E-state index contributed by atoms with van der Waals surface area (Å²) >= 11 is 0. The minimum absolute atomic E-state index is 0.0113. The van der Waals surface area contributed by atoms with Crippen LogP contribution in [0.1, 0.15) is 29.4 Å². The van der Waals surface area contributed by atoms with Crippen LogP contribution in [0.4, 0.5) is 0 Å². The number of aromatic carboxylic acids is 1. The van der Waals surface area contributed by atoms with E-state index in [1.165, 1.54) is 12.3 Å². The maximum Gasteiger partial charge on any atom is 0.354 e. The Labute approximate surface area is 110 Å². The van der Waals surface area contributed by atoms with E-state index in [-0.39, 0.29) is 23.6 Å². The first-order chi connectivity index (χ1) is 9.08. The van der Waals surface area contributed by atoms with Crippen LogP contribution in [0, 0.1) is 5.92 Å². The van der Waals surface area contributed by atoms with Crippen molar-refractivity contribution >= 4 is 11.9 Å². The Morgan fingerprint density at radius 2 is 2.32 bits per heavy atom. The van der Waals surface area contributed by atoms with Crippen molar-refractivity contribution in [3.05, 3.63) is 29.6 Å². The summed E-state index contributed by atoms with van der Waals surface area (Å²) in [6.45, 7) is 2.92. The number of pyridine rings is 1. The standard InChI is InChI=1S/C13H16N2O4/c1-8-4-5-19-11(8)12(16)15-7-9-2-3-10(13(17)18)14-6-9/h2-3,6,8,11H,4-5,7H2,1H3,(H,15,16)(H,17,18). The Balaban J connectivity index is 1.88. The third kappa shape index (κ3) is 3.29. The van der Waals surface area contributed by atoms with Gasteiger partial charge in [-0.05, 0) is 24.0 Å². The highest BCUT2D eigenvalue weighted by molar-refractivity contribution is 5.85. The lowest BCUT2D eigenvalue weighted by Gasteiger charge is -2.14. The normalized spacial score (nSPS) is 22.2. The molecule has 0 spiro atoms. The van der Waals surface area contributed by atoms with E-state index >= 15 is 0 Å². The predicted molar refractivity (Wildman–Crippen MR) is 66.6 cm³/mol. The lowest BCUT2D eigenvalue weighted by molar-refractivity contribution is -0.131. The van der Waals surface area contributed by atoms with Crippen LogP contribution in [-0.2, 0) is 16.1 Å². The van der Waals surface area contributed by atoms with Gasteiger partial charge in [0.25, 0.3) is 0 Å². The summed E-state index contributed by atoms with van der Waals surface area (Å²) < 4.78 is 5.36. The van der Waals surface area contributed by atoms with Gasteiger partial charge in [-0.2, -0.15) is 0 Å². The van der Waals surface area contributed by atoms with Crippen LogP contribution in [0.15, 0.2) is 18.3 Å². The molecule has 2 N–H and O–H groups in total. The maximum absolute atomic E-state index is 11.9. The van der Waals surface area contributed by atoms with E-state index in [1.807, 2.05) is 6.92 Å². The molecular formula is C13H16N2O4. The van der Waals surface area contributed by atoms with E-state index in [4.69, 9.17) is 9.84 Å². The number of carboxylic acid groups (broad SMARTS) is 1. The molecule has 0 bridgehead atoms. The maximum atomic E-state index is 11.9. The summed E-state index contributed by atoms with van der Waals surface area (Å²) in [5, 5.41) is 11.5. The quantitative estimate of drug-likeness (QED) is 0.840. The molecule has 2 atom stereocenters. The van der Waals surface area contributed by atoms with Gasteiger partial charge in [0.15, 0.2) is 0 Å². The van der Waals surface area contributed by atoms with Gasteiger partial charge in [-0.15, -0.1) is 0 Å². The van der Waals surface area contributed by atoms with Crippen LogP contribution < -0.4 is 5.32 Å². The molecule has 1 aliphatic heterocycles. The number of ether oxygens (including phenoxy) is 1. The first kappa shape index (κ1) is 13.5. The van der Waals surface area contributed by atoms with Gasteiger partial charge in [0.05, 0.1) is 0 Å². The number of hydrogen-bond acceptors (Lipinski definition) is 4. The Hall–Kier alpha value is -1.95. The average molecular weight is 264 g/mol. The molecule has 0 aliphatic carbocycles. The molecule has 0 aromatic carbocycles. The van der Waals surface area contributed by atoms with Crippen LogP contribution in [0.2, 0.25) is 0 Å². The van der Waals surface area contributed by atoms with Gasteiger partial charge in [0, 0.05) is 19.3 Å². The van der Waals surface area contributed by atoms with E-state index in [2.05, 4.69) is 10.3 Å². The fourth-order valence-corrected chi connectivity index (χ4v) is 1.98. The summed E-state index contributed by atoms with van der Waals surface area (Å²) in [6.07, 6.45) is 1.96. The van der Waals surface area contributed by atoms with Gasteiger partial charge in [-0.25, -0.2) is 9.78 Å². The number of carboxylic acids is 1. The molecule has 0 saturated carbocycles. The molecule has 1 amide bonds. The summed E-state index contributed by atoms with van der Waals surface area (Å²) in [7, 11) is 0. The number of amides is 1. The lowest BCUT2D eigenvalue weighted by atomic mass is 10.0. The zero-order chi connectivity index (χ0) is 13.8. The van der Waals surface area contributed by atoms with Crippen molar-refractivity contribution in [2.24, 2.45) is 5.92 Å². The molecule has 1 fully saturated rings. The smallest absolute Gasteiger partial charge is 0.354 e. The molecular weight excluding hydrogens is 248 g/mol. The molecule has 6 nitrogen and oxygen atoms in total. The van der Waals surface area contributed by atoms with Gasteiger partial charge < -0.3 is 15.2 Å². The molecule has 0 radical (unpaired) electrons. The Morgan fingerprint density at radius 3 is 2.84 bits per heavy atom. The highest BCUT2D eigenvalue weighted by atomic mass is 16.5. The van der Waals surface area contributed by atoms with Crippen LogP contribution in [0.5, 0.6) is 0 Å². The van der Waals surface area contributed by atoms with Gasteiger partial charge in [-0.1, -0.05) is 13.0 Å². The SMILES string of the molecule is CC1CCOC1C(=O)NCc1ccc(C(=O)O)nc1. The largest absolute Gasteiger partial charge is 0.477 e. The molecule has 1 aromatic rings. The number of nitrogens with one attached hydrogen (secondary N) is 1. The van der Waals surface area contributed by atoms with E-state index in [1.54, 1.807) is 6.07 Å². The van der Waals surface area contributed by atoms with E-state index < -0.39 is 5.97 Å². The molecule has 1 saturated heterocycles. The number of hydrogen-bond donors (Lipinski definition) is 2. The Kier molecular flexibility index (Phi) is 4.11. The predicted octanol–water partition coefficient (Wildman–Crippen LogP) is 0.821. The molecule has 2 rings (SSSR count). The average Bonchev–Trinajstić information content (AvgIpc) is 2.83. The van der Waals surface area contributed by atoms with Crippen molar-refractivity contribution in [2.45, 2.75) is 26.0 Å². The summed E-state index contributed by atoms with van der Waals surface area (Å²) in [5.41, 5.74) is 0.742. The Bertz CT molecular complexity index is 472. The van der Waals surface area contributed by atoms with E-state index in [9.17, 15) is 9.59 Å². The van der Waals surface area contributed by atoms with Crippen molar-refractivity contribution < 1.29 is 19.4 Å². The second kappa shape index (κ2) is 5.79. The number of nitrogens with zero attached hydrogens (tertiary/aromatic N) is 1. The molecule has 19 heavy (non-hydrogen) atoms.